The van der Waals surface area contributed by atoms with Crippen molar-refractivity contribution < 1.29 is 64.6 Å². The molecule has 14 heteroatoms. The van der Waals surface area contributed by atoms with Crippen molar-refractivity contribution in [2.45, 2.75) is 280 Å². The van der Waals surface area contributed by atoms with Crippen molar-refractivity contribution in [1.82, 2.24) is 5.32 Å². The Kier molecular flexibility index (Phi) is 48.4. The third-order valence-corrected chi connectivity index (χ3v) is 14.8. The van der Waals surface area contributed by atoms with Crippen LogP contribution in [0.25, 0.3) is 0 Å². The van der Waals surface area contributed by atoms with Gasteiger partial charge < -0.3 is 65.1 Å². The SMILES string of the molecule is CC/C=C\C/C=C\C/C=C\C/C=C\C/C=C\C/C=C\C/C=C\C/C=C\C/C=C\C/C=C\CCCCCCCCCCC(=O)NC(COC1OC(CO)C(OC2OC(CO)C(O)C(O)C2O)C(O)C1O)C(O)/C=C/CCCCCCCCCCC. The first-order valence-corrected chi connectivity index (χ1v) is 32.4. The van der Waals surface area contributed by atoms with Crippen molar-refractivity contribution >= 4 is 5.91 Å². The van der Waals surface area contributed by atoms with Crippen LogP contribution in [0.15, 0.2) is 134 Å². The Balaban J connectivity index is 1.62. The molecule has 1 amide bonds. The van der Waals surface area contributed by atoms with E-state index >= 15 is 0 Å². The average molecular weight is 1180 g/mol. The molecule has 0 aliphatic carbocycles. The number of aliphatic hydroxyl groups is 8. The largest absolute Gasteiger partial charge is 0.394 e. The Morgan fingerprint density at radius 1 is 0.440 bits per heavy atom. The summed E-state index contributed by atoms with van der Waals surface area (Å²) in [4.78, 5) is 13.2. The number of carbonyl (C=O) groups excluding carboxylic acids is 1. The molecule has 0 aromatic carbocycles. The molecule has 0 spiro atoms. The van der Waals surface area contributed by atoms with Gasteiger partial charge >= 0.3 is 0 Å². The predicted octanol–water partition coefficient (Wildman–Crippen LogP) is 12.3. The zero-order valence-electron chi connectivity index (χ0n) is 51.6. The van der Waals surface area contributed by atoms with Gasteiger partial charge in [0, 0.05) is 6.42 Å². The number of unbranched alkanes of at least 4 members (excludes halogenated alkanes) is 17. The zero-order valence-corrected chi connectivity index (χ0v) is 51.6. The van der Waals surface area contributed by atoms with Crippen LogP contribution >= 0.6 is 0 Å². The summed E-state index contributed by atoms with van der Waals surface area (Å²) in [7, 11) is 0. The summed E-state index contributed by atoms with van der Waals surface area (Å²) in [6.45, 7) is 2.64. The monoisotopic (exact) mass is 1180 g/mol. The molecule has 0 saturated carbocycles. The van der Waals surface area contributed by atoms with Gasteiger partial charge in [0.2, 0.25) is 5.91 Å². The molecule has 14 nitrogen and oxygen atoms in total. The highest BCUT2D eigenvalue weighted by Gasteiger charge is 2.51. The van der Waals surface area contributed by atoms with E-state index in [1.54, 1.807) is 6.08 Å². The fourth-order valence-corrected chi connectivity index (χ4v) is 9.67. The molecule has 2 aliphatic heterocycles. The van der Waals surface area contributed by atoms with Crippen molar-refractivity contribution in [3.63, 3.8) is 0 Å². The van der Waals surface area contributed by atoms with E-state index in [0.717, 1.165) is 122 Å². The highest BCUT2D eigenvalue weighted by atomic mass is 16.7. The van der Waals surface area contributed by atoms with Crippen LogP contribution < -0.4 is 5.32 Å². The lowest BCUT2D eigenvalue weighted by atomic mass is 9.97. The predicted molar refractivity (Wildman–Crippen MR) is 341 cm³/mol. The van der Waals surface area contributed by atoms with E-state index in [1.165, 1.54) is 57.8 Å². The first kappa shape index (κ1) is 76.2. The molecule has 12 atom stereocenters. The van der Waals surface area contributed by atoms with Gasteiger partial charge in [0.25, 0.3) is 0 Å². The van der Waals surface area contributed by atoms with Gasteiger partial charge in [-0.05, 0) is 96.3 Å². The van der Waals surface area contributed by atoms with Gasteiger partial charge in [-0.25, -0.2) is 0 Å². The molecule has 2 saturated heterocycles. The van der Waals surface area contributed by atoms with Gasteiger partial charge in [0.1, 0.15) is 48.8 Å². The third-order valence-electron chi connectivity index (χ3n) is 14.8. The number of aliphatic hydroxyl groups excluding tert-OH is 8. The van der Waals surface area contributed by atoms with E-state index in [-0.39, 0.29) is 18.9 Å². The highest BCUT2D eigenvalue weighted by molar-refractivity contribution is 5.76. The minimum atomic E-state index is -1.79. The minimum absolute atomic E-state index is 0.255. The fourth-order valence-electron chi connectivity index (χ4n) is 9.67. The molecular weight excluding hydrogens is 1060 g/mol. The second-order valence-electron chi connectivity index (χ2n) is 22.2. The molecular formula is C70H115NO13. The summed E-state index contributed by atoms with van der Waals surface area (Å²) in [5.41, 5.74) is 0. The van der Waals surface area contributed by atoms with Gasteiger partial charge in [-0.15, -0.1) is 0 Å². The number of carbonyl (C=O) groups is 1. The average Bonchev–Trinajstić information content (AvgIpc) is 3.59. The van der Waals surface area contributed by atoms with Crippen LogP contribution in [0.1, 0.15) is 206 Å². The molecule has 2 rings (SSSR count). The minimum Gasteiger partial charge on any atom is -0.394 e. The molecule has 2 fully saturated rings. The molecule has 2 heterocycles. The summed E-state index contributed by atoms with van der Waals surface area (Å²) in [5, 5.41) is 87.0. The molecule has 12 unspecified atom stereocenters. The second kappa shape index (κ2) is 53.4. The molecule has 0 aromatic rings. The summed E-state index contributed by atoms with van der Waals surface area (Å²) in [5.74, 6) is -0.255. The Morgan fingerprint density at radius 2 is 0.821 bits per heavy atom. The molecule has 0 bridgehead atoms. The van der Waals surface area contributed by atoms with Crippen molar-refractivity contribution in [2.75, 3.05) is 19.8 Å². The van der Waals surface area contributed by atoms with E-state index in [2.05, 4.69) is 141 Å². The van der Waals surface area contributed by atoms with E-state index in [1.807, 2.05) is 6.08 Å². The lowest BCUT2D eigenvalue weighted by molar-refractivity contribution is -0.359. The Labute approximate surface area is 507 Å². The molecule has 84 heavy (non-hydrogen) atoms. The number of amides is 1. The molecule has 0 aromatic heterocycles. The molecule has 0 radical (unpaired) electrons. The number of hydrogen-bond acceptors (Lipinski definition) is 13. The van der Waals surface area contributed by atoms with Gasteiger partial charge in [0.15, 0.2) is 12.6 Å². The summed E-state index contributed by atoms with van der Waals surface area (Å²) >= 11 is 0. The highest BCUT2D eigenvalue weighted by Crippen LogP contribution is 2.30. The van der Waals surface area contributed by atoms with E-state index < -0.39 is 86.8 Å². The van der Waals surface area contributed by atoms with Crippen molar-refractivity contribution in [2.24, 2.45) is 0 Å². The van der Waals surface area contributed by atoms with Crippen LogP contribution in [-0.2, 0) is 23.7 Å². The maximum Gasteiger partial charge on any atom is 0.220 e. The number of nitrogens with one attached hydrogen (secondary N) is 1. The third kappa shape index (κ3) is 37.6. The standard InChI is InChI=1S/C70H115NO13/c1-3-5-7-9-11-13-15-16-17-18-19-20-21-22-23-24-25-26-27-28-29-30-31-32-33-34-35-36-37-38-39-40-41-42-44-46-48-50-52-54-62(75)71-58(59(74)53-51-49-47-45-43-14-12-10-8-6-4-2)57-81-69-67(80)65(78)68(61(56-73)83-69)84-70-66(79)64(77)63(76)60(55-72)82-70/h5,7,11,13,16-17,19-20,22-23,25-26,28-29,31-32,34-35,37-38,51,53,58-61,63-70,72-74,76-80H,3-4,6,8-10,12,14-15,18,21,24,27,30,33,36,39-50,52,54-57H2,1-2H3,(H,71,75)/b7-5-,13-11-,17-16-,20-19-,23-22-,26-25-,29-28-,32-31-,35-34-,38-37-,53-51+. The normalized spacial score (nSPS) is 24.6. The van der Waals surface area contributed by atoms with E-state index in [4.69, 9.17) is 18.9 Å². The van der Waals surface area contributed by atoms with Gasteiger partial charge in [-0.3, -0.25) is 4.79 Å². The number of rotatable bonds is 50. The maximum atomic E-state index is 13.2. The van der Waals surface area contributed by atoms with Crippen LogP contribution in [-0.4, -0.2) is 140 Å². The van der Waals surface area contributed by atoms with Crippen LogP contribution in [0.2, 0.25) is 0 Å². The lowest BCUT2D eigenvalue weighted by Crippen LogP contribution is -2.65. The van der Waals surface area contributed by atoms with E-state index in [9.17, 15) is 45.6 Å². The van der Waals surface area contributed by atoms with E-state index in [0.29, 0.717) is 6.42 Å². The van der Waals surface area contributed by atoms with Gasteiger partial charge in [-0.1, -0.05) is 237 Å². The van der Waals surface area contributed by atoms with Crippen LogP contribution in [0.3, 0.4) is 0 Å². The summed E-state index contributed by atoms with van der Waals surface area (Å²) < 4.78 is 22.7. The Hall–Kier alpha value is -3.87. The smallest absolute Gasteiger partial charge is 0.220 e. The molecule has 9 N–H and O–H groups in total. The van der Waals surface area contributed by atoms with Crippen LogP contribution in [0.5, 0.6) is 0 Å². The van der Waals surface area contributed by atoms with Gasteiger partial charge in [-0.2, -0.15) is 0 Å². The van der Waals surface area contributed by atoms with Crippen molar-refractivity contribution in [1.29, 1.82) is 0 Å². The van der Waals surface area contributed by atoms with Gasteiger partial charge in [0.05, 0.1) is 32.0 Å². The first-order chi connectivity index (χ1) is 41.1. The lowest BCUT2D eigenvalue weighted by Gasteiger charge is -2.46. The van der Waals surface area contributed by atoms with Crippen LogP contribution in [0.4, 0.5) is 0 Å². The first-order valence-electron chi connectivity index (χ1n) is 32.4. The fraction of sp³-hybridized carbons (Fsp3) is 0.671. The zero-order chi connectivity index (χ0) is 60.9. The number of hydrogen-bond donors (Lipinski definition) is 9. The topological polar surface area (TPSA) is 228 Å². The molecule has 2 aliphatic rings. The summed E-state index contributed by atoms with van der Waals surface area (Å²) in [6.07, 6.45) is 62.2. The number of ether oxygens (including phenoxy) is 4. The molecule has 478 valence electrons. The quantitative estimate of drug-likeness (QED) is 0.0204. The van der Waals surface area contributed by atoms with Crippen molar-refractivity contribution in [3.8, 4) is 0 Å². The number of allylic oxidation sites excluding steroid dienone is 21. The maximum absolute atomic E-state index is 13.2. The Bertz CT molecular complexity index is 1920. The van der Waals surface area contributed by atoms with Crippen LogP contribution in [0, 0.1) is 0 Å². The van der Waals surface area contributed by atoms with Crippen molar-refractivity contribution in [3.05, 3.63) is 134 Å². The summed E-state index contributed by atoms with van der Waals surface area (Å²) in [6, 6.07) is -0.927. The Morgan fingerprint density at radius 3 is 1.26 bits per heavy atom. The second-order valence-corrected chi connectivity index (χ2v) is 22.2.